The molecule has 0 bridgehead atoms. The van der Waals surface area contributed by atoms with Gasteiger partial charge in [0.25, 0.3) is 0 Å². The summed E-state index contributed by atoms with van der Waals surface area (Å²) in [6, 6.07) is 0. The van der Waals surface area contributed by atoms with Crippen LogP contribution >= 0.6 is 0 Å². The van der Waals surface area contributed by atoms with Gasteiger partial charge in [0, 0.05) is 24.9 Å². The van der Waals surface area contributed by atoms with Gasteiger partial charge in [0.05, 0.1) is 37.4 Å². The molecule has 0 aromatic heterocycles. The van der Waals surface area contributed by atoms with Crippen LogP contribution in [0.2, 0.25) is 0 Å². The van der Waals surface area contributed by atoms with Crippen molar-refractivity contribution in [2.24, 2.45) is 39.4 Å². The maximum atomic E-state index is 14.4. The lowest BCUT2D eigenvalue weighted by atomic mass is 9.40. The summed E-state index contributed by atoms with van der Waals surface area (Å²) in [7, 11) is -3.98. The minimum Gasteiger partial charge on any atom is -0.451 e. The van der Waals surface area contributed by atoms with E-state index in [1.165, 1.54) is 19.6 Å². The van der Waals surface area contributed by atoms with Crippen molar-refractivity contribution in [2.75, 3.05) is 26.9 Å². The van der Waals surface area contributed by atoms with Crippen molar-refractivity contribution >= 4 is 22.2 Å². The number of ether oxygens (including phenoxy) is 10. The first-order valence-electron chi connectivity index (χ1n) is 27.9. The average Bonchev–Trinajstić information content (AvgIpc) is 4.08. The van der Waals surface area contributed by atoms with E-state index in [4.69, 9.17) is 51.6 Å². The van der Waals surface area contributed by atoms with Gasteiger partial charge in [0.2, 0.25) is 0 Å². The molecular weight excluding hydrogens is 1080 g/mol. The number of hydrogen-bond acceptors (Lipinski definition) is 24. The molecule has 0 unspecified atom stereocenters. The van der Waals surface area contributed by atoms with Crippen LogP contribution in [0.4, 0.5) is 0 Å². The van der Waals surface area contributed by atoms with E-state index in [1.807, 2.05) is 6.92 Å². The van der Waals surface area contributed by atoms with E-state index in [1.54, 1.807) is 6.92 Å². The molecular formula is C54H84O25S. The molecule has 10 N–H and O–H groups in total. The van der Waals surface area contributed by atoms with E-state index in [0.29, 0.717) is 44.9 Å². The molecule has 0 amide bonds. The van der Waals surface area contributed by atoms with Gasteiger partial charge in [-0.1, -0.05) is 44.9 Å². The molecule has 3 saturated carbocycles. The minimum absolute atomic E-state index is 0.00839. The topological polar surface area (TPSA) is 372 Å². The van der Waals surface area contributed by atoms with E-state index >= 15 is 0 Å². The molecule has 0 radical (unpaired) electrons. The number of aliphatic hydroxyl groups excluding tert-OH is 9. The van der Waals surface area contributed by atoms with Crippen molar-refractivity contribution in [3.05, 3.63) is 23.8 Å². The highest BCUT2D eigenvalue weighted by molar-refractivity contribution is 7.80. The summed E-state index contributed by atoms with van der Waals surface area (Å²) < 4.78 is 97.9. The normalized spacial score (nSPS) is 50.1. The Hall–Kier alpha value is -2.23. The molecule has 456 valence electrons. The summed E-state index contributed by atoms with van der Waals surface area (Å²) in [6.07, 6.45) is -24.9. The Morgan fingerprint density at radius 1 is 0.713 bits per heavy atom. The highest BCUT2D eigenvalue weighted by atomic mass is 32.3. The first-order valence-corrected chi connectivity index (χ1v) is 29.3. The fourth-order valence-corrected chi connectivity index (χ4v) is 16.5. The van der Waals surface area contributed by atoms with Crippen LogP contribution in [-0.2, 0) is 71.5 Å². The van der Waals surface area contributed by atoms with Gasteiger partial charge in [-0.3, -0.25) is 14.1 Å². The predicted molar refractivity (Wildman–Crippen MR) is 271 cm³/mol. The van der Waals surface area contributed by atoms with Crippen LogP contribution in [0.5, 0.6) is 0 Å². The number of ketones is 1. The second kappa shape index (κ2) is 22.9. The summed E-state index contributed by atoms with van der Waals surface area (Å²) in [6.45, 7) is 15.5. The van der Waals surface area contributed by atoms with Crippen molar-refractivity contribution in [1.29, 1.82) is 0 Å². The molecule has 5 heterocycles. The van der Waals surface area contributed by atoms with E-state index in [2.05, 4.69) is 40.3 Å². The highest BCUT2D eigenvalue weighted by Gasteiger charge is 2.77. The van der Waals surface area contributed by atoms with Crippen LogP contribution in [-0.4, -0.2) is 226 Å². The van der Waals surface area contributed by atoms with Crippen LogP contribution in [0, 0.1) is 39.4 Å². The van der Waals surface area contributed by atoms with E-state index in [-0.39, 0.29) is 41.3 Å². The molecule has 0 aromatic rings. The first kappa shape index (κ1) is 62.3. The van der Waals surface area contributed by atoms with E-state index < -0.39 is 175 Å². The quantitative estimate of drug-likeness (QED) is 0.0504. The maximum absolute atomic E-state index is 14.4. The van der Waals surface area contributed by atoms with Gasteiger partial charge < -0.3 is 93.3 Å². The van der Waals surface area contributed by atoms with Gasteiger partial charge >= 0.3 is 16.4 Å². The van der Waals surface area contributed by atoms with Crippen LogP contribution in [0.3, 0.4) is 0 Å². The summed E-state index contributed by atoms with van der Waals surface area (Å²) in [5.41, 5.74) is -1.35. The third-order valence-corrected chi connectivity index (χ3v) is 20.9. The van der Waals surface area contributed by atoms with Gasteiger partial charge in [0.15, 0.2) is 36.5 Å². The minimum atomic E-state index is -5.17. The van der Waals surface area contributed by atoms with Gasteiger partial charge in [-0.05, 0) is 94.8 Å². The number of hydrogen-bond donors (Lipinski definition) is 10. The van der Waals surface area contributed by atoms with Crippen LogP contribution < -0.4 is 0 Å². The summed E-state index contributed by atoms with van der Waals surface area (Å²) in [5.74, 6) is -0.517. The SMILES string of the molecule is C=C(C)CCC(=O)[C@]1(C)OC(=O)[C@]23CC[C@@H]4C(=CC[C@H]5C(C)(C)[C@@H](O[C@@H]6OC[C@@H](OS(=O)(=O)O)[C@H](O)[C@H]6O[C@@H]6O[C@H](C)[C@@H](O[C@@H]7O[C@H](CO)[C@@H](O)[C@H](O[C@@H]8O[C@H](CO)[C@@H](O)[C@H](OC)[C@H]8O)[C@H]7O)[C@H](O)[C@H]6O)CC[C@]45C)[C@]2(C)CC[C@H]13. The number of methoxy groups -OCH3 is 1. The lowest BCUT2D eigenvalue weighted by Crippen LogP contribution is -2.67. The molecule has 80 heavy (non-hydrogen) atoms. The number of carbonyl (C=O) groups is 2. The number of rotatable bonds is 17. The molecule has 0 aromatic carbocycles. The largest absolute Gasteiger partial charge is 0.451 e. The molecule has 5 aliphatic heterocycles. The van der Waals surface area contributed by atoms with Gasteiger partial charge in [0.1, 0.15) is 85.5 Å². The second-order valence-corrected chi connectivity index (χ2v) is 26.2. The molecule has 4 aliphatic carbocycles. The molecule has 8 fully saturated rings. The van der Waals surface area contributed by atoms with Crippen molar-refractivity contribution in [3.63, 3.8) is 0 Å². The number of Topliss-reactive ketones (excluding diaryl/α,β-unsaturated/α-hetero) is 1. The molecule has 25 nitrogen and oxygen atoms in total. The molecule has 5 saturated heterocycles. The Kier molecular flexibility index (Phi) is 17.8. The summed E-state index contributed by atoms with van der Waals surface area (Å²) >= 11 is 0. The zero-order valence-electron chi connectivity index (χ0n) is 46.6. The van der Waals surface area contributed by atoms with Crippen LogP contribution in [0.15, 0.2) is 23.8 Å². The van der Waals surface area contributed by atoms with Crippen molar-refractivity contribution in [2.45, 2.75) is 235 Å². The lowest BCUT2D eigenvalue weighted by molar-refractivity contribution is -0.389. The number of fused-ring (bicyclic) bond motifs is 4. The Morgan fingerprint density at radius 3 is 1.93 bits per heavy atom. The number of cyclic esters (lactones) is 1. The molecule has 9 aliphatic rings. The molecule has 9 rings (SSSR count). The molecule has 27 atom stereocenters. The monoisotopic (exact) mass is 1160 g/mol. The Morgan fingerprint density at radius 2 is 1.31 bits per heavy atom. The molecule has 26 heteroatoms. The summed E-state index contributed by atoms with van der Waals surface area (Å²) in [4.78, 5) is 28.2. The van der Waals surface area contributed by atoms with Gasteiger partial charge in [-0.15, -0.1) is 6.58 Å². The first-order chi connectivity index (χ1) is 37.4. The zero-order chi connectivity index (χ0) is 58.6. The third kappa shape index (κ3) is 10.4. The Labute approximate surface area is 465 Å². The number of carbonyl (C=O) groups excluding carboxylic acids is 2. The number of esters is 1. The fourth-order valence-electron chi connectivity index (χ4n) is 16.0. The lowest BCUT2D eigenvalue weighted by Gasteiger charge is -2.64. The zero-order valence-corrected chi connectivity index (χ0v) is 47.4. The average molecular weight is 1170 g/mol. The van der Waals surface area contributed by atoms with Crippen LogP contribution in [0.1, 0.15) is 106 Å². The Balaban J connectivity index is 0.902. The maximum Gasteiger partial charge on any atom is 0.397 e. The molecule has 1 spiro atoms. The standard InChI is InChI=1S/C54H84O25S/c1-23(2)10-13-32(57)53(8)31-15-18-52(7)26-11-12-30-50(4,5)33(16-17-51(30,6)25(26)14-19-54(31,52)49(65)78-53)74-48-44(36(60)29(22-70-48)79-80(66,67)68)77-45-38(62)37(61)41(24(3)71-45)75-47-40(64)43(35(59)28(21-56)73-47)76-46-39(63)42(69-9)34(58)27(20-55)72-46/h11,24-25,27-31,33-48,55-56,58-64H,1,10,12-22H2,2-9H3,(H,66,67,68)/t24-,25-,27-,28-,29-,30+,31-,33+,34-,35-,36+,37-,38-,39-,40-,41-,42+,43+,44-,45+,46+,47+,48+,51-,52+,53-,54-/m1/s1. The Bertz CT molecular complexity index is 2430. The fraction of sp³-hybridized carbons (Fsp3) is 0.889. The van der Waals surface area contributed by atoms with Crippen molar-refractivity contribution in [1.82, 2.24) is 0 Å². The number of allylic oxidation sites excluding steroid dienone is 3. The van der Waals surface area contributed by atoms with Crippen LogP contribution in [0.25, 0.3) is 0 Å². The second-order valence-electron chi connectivity index (χ2n) is 25.2. The van der Waals surface area contributed by atoms with Gasteiger partial charge in [-0.25, -0.2) is 4.18 Å². The predicted octanol–water partition coefficient (Wildman–Crippen LogP) is -0.382. The van der Waals surface area contributed by atoms with Gasteiger partial charge in [-0.2, -0.15) is 8.42 Å². The number of aliphatic hydroxyl groups is 9. The van der Waals surface area contributed by atoms with E-state index in [0.717, 1.165) is 12.0 Å². The smallest absolute Gasteiger partial charge is 0.397 e. The highest BCUT2D eigenvalue weighted by Crippen LogP contribution is 2.76. The van der Waals surface area contributed by atoms with E-state index in [9.17, 15) is 68.5 Å². The summed E-state index contributed by atoms with van der Waals surface area (Å²) in [5, 5.41) is 99.1. The van der Waals surface area contributed by atoms with Crippen molar-refractivity contribution < 1.29 is 120 Å². The third-order valence-electron chi connectivity index (χ3n) is 20.4. The van der Waals surface area contributed by atoms with Crippen molar-refractivity contribution in [3.8, 4) is 0 Å².